The first-order valence-corrected chi connectivity index (χ1v) is 6.57. The molecule has 4 N–H and O–H groups in total. The van der Waals surface area contributed by atoms with Crippen LogP contribution in [0.25, 0.3) is 0 Å². The van der Waals surface area contributed by atoms with E-state index in [2.05, 4.69) is 5.32 Å². The summed E-state index contributed by atoms with van der Waals surface area (Å²) in [5, 5.41) is 11.2. The molecule has 5 nitrogen and oxygen atoms in total. The van der Waals surface area contributed by atoms with Gasteiger partial charge in [-0.05, 0) is 37.6 Å². The van der Waals surface area contributed by atoms with Crippen molar-refractivity contribution < 1.29 is 19.1 Å². The van der Waals surface area contributed by atoms with Crippen LogP contribution in [-0.4, -0.2) is 23.5 Å². The number of unbranched alkanes of at least 4 members (excludes halogenated alkanes) is 3. The number of hydrogen-bond donors (Lipinski definition) is 3. The molecule has 1 amide bonds. The van der Waals surface area contributed by atoms with E-state index in [0.29, 0.717) is 13.0 Å². The van der Waals surface area contributed by atoms with Crippen molar-refractivity contribution in [1.82, 2.24) is 0 Å². The maximum Gasteiger partial charge on any atom is 0.338 e. The first-order valence-electron chi connectivity index (χ1n) is 6.57. The average Bonchev–Trinajstić information content (AvgIpc) is 2.38. The van der Waals surface area contributed by atoms with Gasteiger partial charge in [-0.2, -0.15) is 0 Å². The van der Waals surface area contributed by atoms with Gasteiger partial charge in [0.05, 0.1) is 5.56 Å². The number of amides is 1. The second-order valence-electron chi connectivity index (χ2n) is 4.50. The van der Waals surface area contributed by atoms with Gasteiger partial charge in [-0.15, -0.1) is 0 Å². The van der Waals surface area contributed by atoms with E-state index in [9.17, 15) is 14.0 Å². The van der Waals surface area contributed by atoms with E-state index < -0.39 is 17.3 Å². The van der Waals surface area contributed by atoms with Crippen LogP contribution in [0, 0.1) is 5.82 Å². The Morgan fingerprint density at radius 2 is 1.90 bits per heavy atom. The number of rotatable bonds is 8. The van der Waals surface area contributed by atoms with Crippen molar-refractivity contribution in [2.75, 3.05) is 11.9 Å². The number of anilines is 1. The maximum absolute atomic E-state index is 13.4. The lowest BCUT2D eigenvalue weighted by molar-refractivity contribution is -0.116. The molecule has 0 aromatic heterocycles. The van der Waals surface area contributed by atoms with E-state index in [-0.39, 0.29) is 11.6 Å². The van der Waals surface area contributed by atoms with Crippen molar-refractivity contribution in [2.45, 2.75) is 32.1 Å². The highest BCUT2D eigenvalue weighted by atomic mass is 19.1. The molecule has 0 unspecified atom stereocenters. The summed E-state index contributed by atoms with van der Waals surface area (Å²) >= 11 is 0. The minimum atomic E-state index is -1.33. The van der Waals surface area contributed by atoms with E-state index >= 15 is 0 Å². The molecule has 0 saturated heterocycles. The Bertz CT molecular complexity index is 477. The van der Waals surface area contributed by atoms with Gasteiger partial charge >= 0.3 is 5.97 Å². The van der Waals surface area contributed by atoms with Crippen molar-refractivity contribution in [3.63, 3.8) is 0 Å². The van der Waals surface area contributed by atoms with Crippen molar-refractivity contribution in [3.05, 3.63) is 29.6 Å². The number of nitrogens with one attached hydrogen (secondary N) is 1. The fraction of sp³-hybridized carbons (Fsp3) is 0.429. The fourth-order valence-corrected chi connectivity index (χ4v) is 1.77. The molecule has 0 atom stereocenters. The molecule has 6 heteroatoms. The molecule has 0 aliphatic carbocycles. The Morgan fingerprint density at radius 1 is 1.20 bits per heavy atom. The van der Waals surface area contributed by atoms with Crippen molar-refractivity contribution >= 4 is 17.6 Å². The van der Waals surface area contributed by atoms with Crippen LogP contribution in [0.4, 0.5) is 10.1 Å². The third-order valence-corrected chi connectivity index (χ3v) is 2.84. The zero-order valence-electron chi connectivity index (χ0n) is 11.2. The summed E-state index contributed by atoms with van der Waals surface area (Å²) in [6, 6.07) is 3.52. The van der Waals surface area contributed by atoms with Gasteiger partial charge in [0.15, 0.2) is 0 Å². The molecule has 20 heavy (non-hydrogen) atoms. The fourth-order valence-electron chi connectivity index (χ4n) is 1.77. The van der Waals surface area contributed by atoms with Gasteiger partial charge in [0.25, 0.3) is 0 Å². The second kappa shape index (κ2) is 8.27. The van der Waals surface area contributed by atoms with Gasteiger partial charge in [0, 0.05) is 12.1 Å². The van der Waals surface area contributed by atoms with Crippen LogP contribution >= 0.6 is 0 Å². The normalized spacial score (nSPS) is 10.3. The minimum absolute atomic E-state index is 0.208. The first-order chi connectivity index (χ1) is 9.54. The highest BCUT2D eigenvalue weighted by Gasteiger charge is 2.11. The summed E-state index contributed by atoms with van der Waals surface area (Å²) in [4.78, 5) is 22.2. The second-order valence-corrected chi connectivity index (χ2v) is 4.50. The average molecular weight is 282 g/mol. The van der Waals surface area contributed by atoms with E-state index in [0.717, 1.165) is 37.8 Å². The lowest BCUT2D eigenvalue weighted by Crippen LogP contribution is -2.12. The topological polar surface area (TPSA) is 92.4 Å². The molecule has 0 radical (unpaired) electrons. The Balaban J connectivity index is 2.42. The quantitative estimate of drug-likeness (QED) is 0.638. The minimum Gasteiger partial charge on any atom is -0.478 e. The number of hydrogen-bond acceptors (Lipinski definition) is 3. The summed E-state index contributed by atoms with van der Waals surface area (Å²) in [7, 11) is 0. The summed E-state index contributed by atoms with van der Waals surface area (Å²) in [6.45, 7) is 0.654. The number of carbonyl (C=O) groups excluding carboxylic acids is 1. The van der Waals surface area contributed by atoms with Gasteiger partial charge in [-0.25, -0.2) is 9.18 Å². The summed E-state index contributed by atoms with van der Waals surface area (Å²) < 4.78 is 13.4. The number of carboxylic acids is 1. The largest absolute Gasteiger partial charge is 0.478 e. The highest BCUT2D eigenvalue weighted by Crippen LogP contribution is 2.15. The lowest BCUT2D eigenvalue weighted by Gasteiger charge is -2.06. The van der Waals surface area contributed by atoms with Crippen molar-refractivity contribution in [1.29, 1.82) is 0 Å². The molecule has 0 spiro atoms. The standard InChI is InChI=1S/C14H19FN2O3/c15-12-9-10(6-7-11(12)14(19)20)17-13(18)5-3-1-2-4-8-16/h6-7,9H,1-5,8,16H2,(H,17,18)(H,19,20). The number of aromatic carboxylic acids is 1. The van der Waals surface area contributed by atoms with Crippen LogP contribution in [0.1, 0.15) is 42.5 Å². The molecule has 1 aromatic carbocycles. The first kappa shape index (κ1) is 16.1. The van der Waals surface area contributed by atoms with Crippen molar-refractivity contribution in [3.8, 4) is 0 Å². The highest BCUT2D eigenvalue weighted by molar-refractivity contribution is 5.92. The predicted octanol–water partition coefficient (Wildman–Crippen LogP) is 2.37. The zero-order chi connectivity index (χ0) is 15.0. The summed E-state index contributed by atoms with van der Waals surface area (Å²) in [6.07, 6.45) is 3.97. The van der Waals surface area contributed by atoms with E-state index in [1.807, 2.05) is 0 Å². The van der Waals surface area contributed by atoms with E-state index in [1.165, 1.54) is 6.07 Å². The third kappa shape index (κ3) is 5.36. The van der Waals surface area contributed by atoms with Gasteiger partial charge in [0.1, 0.15) is 5.82 Å². The number of carboxylic acid groups (broad SMARTS) is 1. The number of benzene rings is 1. The molecular weight excluding hydrogens is 263 g/mol. The molecule has 0 bridgehead atoms. The lowest BCUT2D eigenvalue weighted by atomic mass is 10.1. The van der Waals surface area contributed by atoms with Crippen molar-refractivity contribution in [2.24, 2.45) is 5.73 Å². The van der Waals surface area contributed by atoms with E-state index in [1.54, 1.807) is 0 Å². The monoisotopic (exact) mass is 282 g/mol. The molecule has 1 aromatic rings. The summed E-state index contributed by atoms with van der Waals surface area (Å²) in [5.41, 5.74) is 5.21. The van der Waals surface area contributed by atoms with Crippen LogP contribution in [0.5, 0.6) is 0 Å². The Hall–Kier alpha value is -1.95. The Labute approximate surface area is 117 Å². The summed E-state index contributed by atoms with van der Waals surface area (Å²) in [5.74, 6) is -2.40. The zero-order valence-corrected chi connectivity index (χ0v) is 11.2. The predicted molar refractivity (Wildman–Crippen MR) is 74.1 cm³/mol. The molecule has 0 saturated carbocycles. The van der Waals surface area contributed by atoms with Gasteiger partial charge < -0.3 is 16.2 Å². The van der Waals surface area contributed by atoms with Gasteiger partial charge in [-0.3, -0.25) is 4.79 Å². The number of nitrogens with two attached hydrogens (primary N) is 1. The van der Waals surface area contributed by atoms with Crippen LogP contribution in [-0.2, 0) is 4.79 Å². The van der Waals surface area contributed by atoms with Crippen LogP contribution in [0.2, 0.25) is 0 Å². The molecule has 0 heterocycles. The third-order valence-electron chi connectivity index (χ3n) is 2.84. The van der Waals surface area contributed by atoms with Crippen LogP contribution in [0.3, 0.4) is 0 Å². The molecular formula is C14H19FN2O3. The van der Waals surface area contributed by atoms with Crippen LogP contribution < -0.4 is 11.1 Å². The number of halogens is 1. The maximum atomic E-state index is 13.4. The molecule has 1 rings (SSSR count). The molecule has 0 aliphatic heterocycles. The molecule has 0 fully saturated rings. The molecule has 110 valence electrons. The molecule has 0 aliphatic rings. The van der Waals surface area contributed by atoms with E-state index in [4.69, 9.17) is 10.8 Å². The smallest absolute Gasteiger partial charge is 0.338 e. The number of carbonyl (C=O) groups is 2. The van der Waals surface area contributed by atoms with Gasteiger partial charge in [0.2, 0.25) is 5.91 Å². The SMILES string of the molecule is NCCCCCCC(=O)Nc1ccc(C(=O)O)c(F)c1. The Kier molecular flexibility index (Phi) is 6.66. The van der Waals surface area contributed by atoms with Crippen LogP contribution in [0.15, 0.2) is 18.2 Å². The van der Waals surface area contributed by atoms with Gasteiger partial charge in [-0.1, -0.05) is 12.8 Å². The Morgan fingerprint density at radius 3 is 2.50 bits per heavy atom.